The molecule has 0 bridgehead atoms. The number of para-hydroxylation sites is 1. The van der Waals surface area contributed by atoms with Gasteiger partial charge >= 0.3 is 5.97 Å². The molecule has 0 saturated carbocycles. The van der Waals surface area contributed by atoms with Crippen molar-refractivity contribution in [3.05, 3.63) is 54.1 Å². The summed E-state index contributed by atoms with van der Waals surface area (Å²) in [7, 11) is 0. The summed E-state index contributed by atoms with van der Waals surface area (Å²) < 4.78 is 2.01. The van der Waals surface area contributed by atoms with Gasteiger partial charge in [-0.15, -0.1) is 0 Å². The van der Waals surface area contributed by atoms with Crippen molar-refractivity contribution in [2.45, 2.75) is 12.1 Å². The third kappa shape index (κ3) is 2.78. The van der Waals surface area contributed by atoms with E-state index in [0.29, 0.717) is 5.16 Å². The number of nitrogens with zero attached hydrogens (tertiary/aromatic N) is 2. The van der Waals surface area contributed by atoms with Crippen molar-refractivity contribution in [3.63, 3.8) is 0 Å². The standard InChI is InChI=1S/C16H14N2O2S/c1-11-7-8-13-14(9-11)18(12-5-3-2-4-6-12)16(17-13)21-10-15(19)20/h2-9H,10H2,1H3,(H,19,20). The average molecular weight is 298 g/mol. The highest BCUT2D eigenvalue weighted by molar-refractivity contribution is 7.99. The number of fused-ring (bicyclic) bond motifs is 1. The van der Waals surface area contributed by atoms with Gasteiger partial charge in [-0.05, 0) is 36.8 Å². The molecule has 4 nitrogen and oxygen atoms in total. The molecule has 3 rings (SSSR count). The highest BCUT2D eigenvalue weighted by atomic mass is 32.2. The van der Waals surface area contributed by atoms with Crippen LogP contribution < -0.4 is 0 Å². The molecule has 0 fully saturated rings. The average Bonchev–Trinajstić information content (AvgIpc) is 2.83. The van der Waals surface area contributed by atoms with Gasteiger partial charge in [-0.1, -0.05) is 36.0 Å². The molecule has 0 amide bonds. The fourth-order valence-corrected chi connectivity index (χ4v) is 2.96. The molecule has 21 heavy (non-hydrogen) atoms. The number of hydrogen-bond acceptors (Lipinski definition) is 3. The van der Waals surface area contributed by atoms with Crippen LogP contribution in [0.4, 0.5) is 0 Å². The molecule has 0 aliphatic heterocycles. The number of hydrogen-bond donors (Lipinski definition) is 1. The van der Waals surface area contributed by atoms with E-state index >= 15 is 0 Å². The van der Waals surface area contributed by atoms with E-state index in [0.717, 1.165) is 22.3 Å². The fraction of sp³-hybridized carbons (Fsp3) is 0.125. The van der Waals surface area contributed by atoms with E-state index in [-0.39, 0.29) is 5.75 Å². The van der Waals surface area contributed by atoms with E-state index in [1.807, 2.05) is 54.0 Å². The van der Waals surface area contributed by atoms with E-state index in [4.69, 9.17) is 5.11 Å². The van der Waals surface area contributed by atoms with Crippen molar-refractivity contribution in [2.24, 2.45) is 0 Å². The maximum Gasteiger partial charge on any atom is 0.313 e. The number of carbonyl (C=O) groups is 1. The van der Waals surface area contributed by atoms with Gasteiger partial charge in [0.25, 0.3) is 0 Å². The van der Waals surface area contributed by atoms with Crippen LogP contribution in [-0.2, 0) is 4.79 Å². The summed E-state index contributed by atoms with van der Waals surface area (Å²) in [5, 5.41) is 9.60. The predicted molar refractivity (Wildman–Crippen MR) is 84.2 cm³/mol. The molecule has 1 N–H and O–H groups in total. The fourth-order valence-electron chi connectivity index (χ4n) is 2.21. The Hall–Kier alpha value is -2.27. The Bertz CT molecular complexity index is 797. The lowest BCUT2D eigenvalue weighted by Gasteiger charge is -2.08. The minimum atomic E-state index is -0.845. The SMILES string of the molecule is Cc1ccc2nc(SCC(=O)O)n(-c3ccccc3)c2c1. The van der Waals surface area contributed by atoms with Crippen LogP contribution in [0.2, 0.25) is 0 Å². The Morgan fingerprint density at radius 3 is 2.71 bits per heavy atom. The summed E-state index contributed by atoms with van der Waals surface area (Å²) in [5.74, 6) is -0.849. The maximum atomic E-state index is 10.8. The zero-order valence-corrected chi connectivity index (χ0v) is 12.3. The number of imidazole rings is 1. The number of aromatic nitrogens is 2. The third-order valence-electron chi connectivity index (χ3n) is 3.12. The van der Waals surface area contributed by atoms with Crippen molar-refractivity contribution < 1.29 is 9.90 Å². The molecule has 0 saturated heterocycles. The molecule has 2 aromatic carbocycles. The number of aliphatic carboxylic acids is 1. The van der Waals surface area contributed by atoms with Crippen LogP contribution in [0.1, 0.15) is 5.56 Å². The molecule has 0 aliphatic rings. The van der Waals surface area contributed by atoms with E-state index in [1.54, 1.807) is 0 Å². The summed E-state index contributed by atoms with van der Waals surface area (Å²) >= 11 is 1.23. The zero-order valence-electron chi connectivity index (χ0n) is 11.5. The first-order valence-corrected chi connectivity index (χ1v) is 7.53. The van der Waals surface area contributed by atoms with Gasteiger partial charge in [0.1, 0.15) is 0 Å². The van der Waals surface area contributed by atoms with Crippen molar-refractivity contribution >= 4 is 28.8 Å². The van der Waals surface area contributed by atoms with Gasteiger partial charge in [0.15, 0.2) is 5.16 Å². The van der Waals surface area contributed by atoms with Gasteiger partial charge in [-0.3, -0.25) is 9.36 Å². The third-order valence-corrected chi connectivity index (χ3v) is 4.04. The minimum Gasteiger partial charge on any atom is -0.481 e. The molecule has 1 aromatic heterocycles. The minimum absolute atomic E-state index is 0.00482. The molecule has 0 radical (unpaired) electrons. The number of rotatable bonds is 4. The number of carboxylic acids is 1. The molecule has 0 aliphatic carbocycles. The largest absolute Gasteiger partial charge is 0.481 e. The van der Waals surface area contributed by atoms with Gasteiger partial charge in [0.2, 0.25) is 0 Å². The lowest BCUT2D eigenvalue weighted by atomic mass is 10.2. The number of benzene rings is 2. The van der Waals surface area contributed by atoms with Gasteiger partial charge in [-0.2, -0.15) is 0 Å². The Labute approximate surface area is 126 Å². The summed E-state index contributed by atoms with van der Waals surface area (Å²) in [4.78, 5) is 15.4. The van der Waals surface area contributed by atoms with E-state index in [2.05, 4.69) is 11.1 Å². The van der Waals surface area contributed by atoms with Crippen LogP contribution in [0.15, 0.2) is 53.7 Å². The van der Waals surface area contributed by atoms with Gasteiger partial charge in [0.05, 0.1) is 16.8 Å². The molecule has 3 aromatic rings. The second kappa shape index (κ2) is 5.61. The van der Waals surface area contributed by atoms with Crippen molar-refractivity contribution in [1.29, 1.82) is 0 Å². The van der Waals surface area contributed by atoms with Crippen LogP contribution in [0, 0.1) is 6.92 Å². The molecular weight excluding hydrogens is 284 g/mol. The molecule has 0 atom stereocenters. The maximum absolute atomic E-state index is 10.8. The van der Waals surface area contributed by atoms with Gasteiger partial charge < -0.3 is 5.11 Å². The van der Waals surface area contributed by atoms with E-state index < -0.39 is 5.97 Å². The molecule has 5 heteroatoms. The van der Waals surface area contributed by atoms with Crippen LogP contribution in [0.5, 0.6) is 0 Å². The van der Waals surface area contributed by atoms with Crippen LogP contribution in [0.25, 0.3) is 16.7 Å². The van der Waals surface area contributed by atoms with Crippen LogP contribution in [0.3, 0.4) is 0 Å². The predicted octanol–water partition coefficient (Wildman–Crippen LogP) is 3.51. The first kappa shape index (κ1) is 13.7. The number of aryl methyl sites for hydroxylation is 1. The molecule has 0 spiro atoms. The molecular formula is C16H14N2O2S. The Balaban J connectivity index is 2.19. The van der Waals surface area contributed by atoms with Crippen molar-refractivity contribution in [3.8, 4) is 5.69 Å². The van der Waals surface area contributed by atoms with Gasteiger partial charge in [0, 0.05) is 5.69 Å². The lowest BCUT2D eigenvalue weighted by molar-refractivity contribution is -0.133. The summed E-state index contributed by atoms with van der Waals surface area (Å²) in [5.41, 5.74) is 4.00. The Morgan fingerprint density at radius 1 is 1.24 bits per heavy atom. The molecule has 0 unspecified atom stereocenters. The topological polar surface area (TPSA) is 55.1 Å². The van der Waals surface area contributed by atoms with Crippen molar-refractivity contribution in [1.82, 2.24) is 9.55 Å². The first-order valence-electron chi connectivity index (χ1n) is 6.54. The van der Waals surface area contributed by atoms with E-state index in [1.165, 1.54) is 11.8 Å². The second-order valence-electron chi connectivity index (χ2n) is 4.74. The summed E-state index contributed by atoms with van der Waals surface area (Å²) in [6.45, 7) is 2.03. The summed E-state index contributed by atoms with van der Waals surface area (Å²) in [6.07, 6.45) is 0. The smallest absolute Gasteiger partial charge is 0.313 e. The first-order chi connectivity index (χ1) is 10.1. The zero-order chi connectivity index (χ0) is 14.8. The second-order valence-corrected chi connectivity index (χ2v) is 5.68. The quantitative estimate of drug-likeness (QED) is 0.749. The highest BCUT2D eigenvalue weighted by Crippen LogP contribution is 2.28. The number of carboxylic acid groups (broad SMARTS) is 1. The van der Waals surface area contributed by atoms with Gasteiger partial charge in [-0.25, -0.2) is 4.98 Å². The molecule has 1 heterocycles. The number of thioether (sulfide) groups is 1. The highest BCUT2D eigenvalue weighted by Gasteiger charge is 2.14. The lowest BCUT2D eigenvalue weighted by Crippen LogP contribution is -2.01. The van der Waals surface area contributed by atoms with Crippen molar-refractivity contribution in [2.75, 3.05) is 5.75 Å². The van der Waals surface area contributed by atoms with E-state index in [9.17, 15) is 4.79 Å². The van der Waals surface area contributed by atoms with Crippen LogP contribution in [-0.4, -0.2) is 26.4 Å². The molecule has 106 valence electrons. The Kier molecular flexibility index (Phi) is 3.66. The van der Waals surface area contributed by atoms with Crippen LogP contribution >= 0.6 is 11.8 Å². The summed E-state index contributed by atoms with van der Waals surface area (Å²) in [6, 6.07) is 15.9. The normalized spacial score (nSPS) is 10.9. The monoisotopic (exact) mass is 298 g/mol. The Morgan fingerprint density at radius 2 is 2.00 bits per heavy atom.